The van der Waals surface area contributed by atoms with Crippen molar-refractivity contribution in [3.8, 4) is 0 Å². The van der Waals surface area contributed by atoms with Crippen LogP contribution in [0.1, 0.15) is 37.2 Å². The Morgan fingerprint density at radius 3 is 2.95 bits per heavy atom. The van der Waals surface area contributed by atoms with Crippen molar-refractivity contribution >= 4 is 23.4 Å². The first kappa shape index (κ1) is 15.2. The first-order chi connectivity index (χ1) is 9.83. The fraction of sp³-hybridized carbons (Fsp3) is 0.562. The zero-order valence-electron chi connectivity index (χ0n) is 12.2. The molecular formula is C16H24N2OS. The second-order valence-electron chi connectivity index (χ2n) is 5.22. The van der Waals surface area contributed by atoms with Crippen LogP contribution in [0, 0.1) is 0 Å². The van der Waals surface area contributed by atoms with Gasteiger partial charge in [0.15, 0.2) is 0 Å². The van der Waals surface area contributed by atoms with Gasteiger partial charge in [-0.2, -0.15) is 11.8 Å². The number of rotatable bonds is 8. The van der Waals surface area contributed by atoms with Crippen LogP contribution in [0.2, 0.25) is 0 Å². The molecule has 1 amide bonds. The van der Waals surface area contributed by atoms with Crippen LogP contribution in [0.15, 0.2) is 24.3 Å². The molecule has 0 bridgehead atoms. The number of carbonyl (C=O) groups excluding carboxylic acids is 1. The Bertz CT molecular complexity index is 436. The van der Waals surface area contributed by atoms with Crippen LogP contribution in [0.4, 0.5) is 5.69 Å². The zero-order chi connectivity index (χ0) is 14.2. The molecule has 1 aromatic carbocycles. The van der Waals surface area contributed by atoms with Gasteiger partial charge in [-0.1, -0.05) is 31.0 Å². The molecule has 2 rings (SSSR count). The molecule has 1 aliphatic rings. The van der Waals surface area contributed by atoms with Crippen LogP contribution in [0.3, 0.4) is 0 Å². The Morgan fingerprint density at radius 2 is 2.10 bits per heavy atom. The van der Waals surface area contributed by atoms with Gasteiger partial charge in [0.1, 0.15) is 0 Å². The minimum absolute atomic E-state index is 0.0253. The molecule has 0 saturated heterocycles. The van der Waals surface area contributed by atoms with E-state index in [9.17, 15) is 4.79 Å². The number of thioether (sulfide) groups is 1. The van der Waals surface area contributed by atoms with Crippen molar-refractivity contribution in [1.82, 2.24) is 5.32 Å². The van der Waals surface area contributed by atoms with E-state index in [2.05, 4.69) is 16.9 Å². The molecule has 0 aliphatic carbocycles. The van der Waals surface area contributed by atoms with Gasteiger partial charge >= 0.3 is 0 Å². The smallest absolute Gasteiger partial charge is 0.229 e. The van der Waals surface area contributed by atoms with Crippen LogP contribution >= 0.6 is 11.8 Å². The summed E-state index contributed by atoms with van der Waals surface area (Å²) in [5.74, 6) is 1.38. The molecule has 3 nitrogen and oxygen atoms in total. The molecule has 2 N–H and O–H groups in total. The Hall–Kier alpha value is -1.16. The van der Waals surface area contributed by atoms with E-state index in [0.717, 1.165) is 30.8 Å². The van der Waals surface area contributed by atoms with E-state index in [-0.39, 0.29) is 11.8 Å². The maximum Gasteiger partial charge on any atom is 0.229 e. The summed E-state index contributed by atoms with van der Waals surface area (Å²) in [5, 5.41) is 6.36. The zero-order valence-corrected chi connectivity index (χ0v) is 13.0. The van der Waals surface area contributed by atoms with Gasteiger partial charge in [0.25, 0.3) is 0 Å². The van der Waals surface area contributed by atoms with Crippen LogP contribution in [0.25, 0.3) is 0 Å². The van der Waals surface area contributed by atoms with Gasteiger partial charge in [0.05, 0.1) is 5.92 Å². The second-order valence-corrected chi connectivity index (χ2v) is 6.20. The fourth-order valence-electron chi connectivity index (χ4n) is 2.58. The summed E-state index contributed by atoms with van der Waals surface area (Å²) in [7, 11) is 0. The Morgan fingerprint density at radius 1 is 1.30 bits per heavy atom. The van der Waals surface area contributed by atoms with E-state index in [1.807, 2.05) is 36.0 Å². The first-order valence-electron chi connectivity index (χ1n) is 7.42. The molecule has 20 heavy (non-hydrogen) atoms. The molecule has 1 aromatic rings. The highest BCUT2D eigenvalue weighted by Gasteiger charge is 2.27. The van der Waals surface area contributed by atoms with Crippen LogP contribution in [0.5, 0.6) is 0 Å². The van der Waals surface area contributed by atoms with Crippen molar-refractivity contribution in [2.24, 2.45) is 0 Å². The molecular weight excluding hydrogens is 268 g/mol. The highest BCUT2D eigenvalue weighted by Crippen LogP contribution is 2.30. The number of hydrogen-bond donors (Lipinski definition) is 2. The maximum atomic E-state index is 12.2. The lowest BCUT2D eigenvalue weighted by molar-refractivity contribution is -0.122. The predicted molar refractivity (Wildman–Crippen MR) is 87.5 cm³/mol. The Balaban J connectivity index is 1.66. The van der Waals surface area contributed by atoms with Crippen molar-refractivity contribution in [2.75, 3.05) is 30.4 Å². The van der Waals surface area contributed by atoms with Gasteiger partial charge < -0.3 is 10.6 Å². The number of para-hydroxylation sites is 1. The van der Waals surface area contributed by atoms with E-state index in [1.165, 1.54) is 25.0 Å². The SMILES string of the molecule is CSCCCCCCNC(=O)C1CNc2ccccc21. The third-order valence-electron chi connectivity index (χ3n) is 3.72. The molecule has 110 valence electrons. The number of anilines is 1. The lowest BCUT2D eigenvalue weighted by atomic mass is 10.0. The normalized spacial score (nSPS) is 16.6. The molecule has 0 radical (unpaired) electrons. The number of benzene rings is 1. The van der Waals surface area contributed by atoms with E-state index < -0.39 is 0 Å². The molecule has 1 atom stereocenters. The van der Waals surface area contributed by atoms with Crippen molar-refractivity contribution < 1.29 is 4.79 Å². The highest BCUT2D eigenvalue weighted by molar-refractivity contribution is 7.98. The van der Waals surface area contributed by atoms with Crippen molar-refractivity contribution in [1.29, 1.82) is 0 Å². The summed E-state index contributed by atoms with van der Waals surface area (Å²) < 4.78 is 0. The summed E-state index contributed by atoms with van der Waals surface area (Å²) in [6.45, 7) is 1.52. The third-order valence-corrected chi connectivity index (χ3v) is 4.42. The molecule has 0 fully saturated rings. The van der Waals surface area contributed by atoms with Crippen molar-refractivity contribution in [3.63, 3.8) is 0 Å². The maximum absolute atomic E-state index is 12.2. The van der Waals surface area contributed by atoms with Crippen molar-refractivity contribution in [3.05, 3.63) is 29.8 Å². The standard InChI is InChI=1S/C16H24N2OS/c1-20-11-7-3-2-6-10-17-16(19)14-12-18-15-9-5-4-8-13(14)15/h4-5,8-9,14,18H,2-3,6-7,10-12H2,1H3,(H,17,19). The lowest BCUT2D eigenvalue weighted by Crippen LogP contribution is -2.31. The van der Waals surface area contributed by atoms with Crippen LogP contribution < -0.4 is 10.6 Å². The summed E-state index contributed by atoms with van der Waals surface area (Å²) in [6, 6.07) is 8.08. The molecule has 0 aromatic heterocycles. The summed E-state index contributed by atoms with van der Waals surface area (Å²) in [6.07, 6.45) is 7.00. The quantitative estimate of drug-likeness (QED) is 0.723. The molecule has 0 spiro atoms. The average molecular weight is 292 g/mol. The van der Waals surface area contributed by atoms with E-state index in [0.29, 0.717) is 0 Å². The number of fused-ring (bicyclic) bond motifs is 1. The first-order valence-corrected chi connectivity index (χ1v) is 8.81. The topological polar surface area (TPSA) is 41.1 Å². The van der Waals surface area contributed by atoms with Crippen molar-refractivity contribution in [2.45, 2.75) is 31.6 Å². The number of amides is 1. The predicted octanol–water partition coefficient (Wildman–Crippen LogP) is 3.24. The molecule has 4 heteroatoms. The summed E-state index contributed by atoms with van der Waals surface area (Å²) in [4.78, 5) is 12.2. The third kappa shape index (κ3) is 4.17. The minimum atomic E-state index is -0.0253. The largest absolute Gasteiger partial charge is 0.384 e. The van der Waals surface area contributed by atoms with Gasteiger partial charge in [0, 0.05) is 18.8 Å². The number of hydrogen-bond acceptors (Lipinski definition) is 3. The number of nitrogens with one attached hydrogen (secondary N) is 2. The van der Waals surface area contributed by atoms with Gasteiger partial charge in [0.2, 0.25) is 5.91 Å². The van der Waals surface area contributed by atoms with Gasteiger partial charge in [-0.3, -0.25) is 4.79 Å². The molecule has 1 aliphatic heterocycles. The summed E-state index contributed by atoms with van der Waals surface area (Å²) in [5.41, 5.74) is 2.23. The van der Waals surface area contributed by atoms with E-state index in [4.69, 9.17) is 0 Å². The second kappa shape index (κ2) is 8.20. The van der Waals surface area contributed by atoms with Gasteiger partial charge in [-0.15, -0.1) is 0 Å². The van der Waals surface area contributed by atoms with E-state index >= 15 is 0 Å². The molecule has 1 unspecified atom stereocenters. The average Bonchev–Trinajstić information content (AvgIpc) is 2.90. The van der Waals surface area contributed by atoms with Gasteiger partial charge in [-0.05, 0) is 36.5 Å². The van der Waals surface area contributed by atoms with Gasteiger partial charge in [-0.25, -0.2) is 0 Å². The number of unbranched alkanes of at least 4 members (excludes halogenated alkanes) is 3. The van der Waals surface area contributed by atoms with Crippen LogP contribution in [-0.4, -0.2) is 31.0 Å². The Labute approximate surface area is 125 Å². The van der Waals surface area contributed by atoms with E-state index in [1.54, 1.807) is 0 Å². The number of carbonyl (C=O) groups is 1. The molecule has 1 heterocycles. The highest BCUT2D eigenvalue weighted by atomic mass is 32.2. The fourth-order valence-corrected chi connectivity index (χ4v) is 3.07. The molecule has 0 saturated carbocycles. The van der Waals surface area contributed by atoms with Crippen LogP contribution in [-0.2, 0) is 4.79 Å². The minimum Gasteiger partial charge on any atom is -0.384 e. The Kier molecular flexibility index (Phi) is 6.25. The summed E-state index contributed by atoms with van der Waals surface area (Å²) >= 11 is 1.90. The lowest BCUT2D eigenvalue weighted by Gasteiger charge is -2.11. The monoisotopic (exact) mass is 292 g/mol.